The zero-order valence-corrected chi connectivity index (χ0v) is 19.5. The number of H-pyrrole nitrogens is 1. The van der Waals surface area contributed by atoms with Crippen molar-refractivity contribution in [2.45, 2.75) is 65.6 Å². The standard InChI is InChI=1S/C22H26BClFN3O3/c1-11(2)15-10-28(18-12(3)26-27-19(18)24)20(29)14-9-17(25)16(8-13(14)15)23-30-21(4,5)22(6,7)31-23/h8-11H,1-7H3,(H,26,27). The van der Waals surface area contributed by atoms with Crippen LogP contribution in [0.1, 0.15) is 58.7 Å². The maximum Gasteiger partial charge on any atom is 0.497 e. The predicted molar refractivity (Wildman–Crippen MR) is 121 cm³/mol. The maximum absolute atomic E-state index is 15.3. The van der Waals surface area contributed by atoms with Crippen LogP contribution in [0.25, 0.3) is 16.5 Å². The smallest absolute Gasteiger partial charge is 0.399 e. The number of aromatic amines is 1. The molecule has 4 rings (SSSR count). The van der Waals surface area contributed by atoms with E-state index in [0.717, 1.165) is 5.56 Å². The van der Waals surface area contributed by atoms with Gasteiger partial charge in [0.05, 0.1) is 22.3 Å². The summed E-state index contributed by atoms with van der Waals surface area (Å²) in [6.45, 7) is 13.5. The lowest BCUT2D eigenvalue weighted by molar-refractivity contribution is 0.00578. The number of aryl methyl sites for hydroxylation is 1. The summed E-state index contributed by atoms with van der Waals surface area (Å²) in [5.74, 6) is -0.484. The Kier molecular flexibility index (Phi) is 5.11. The molecule has 0 amide bonds. The second-order valence-corrected chi connectivity index (χ2v) is 9.77. The topological polar surface area (TPSA) is 69.1 Å². The number of hydrogen-bond donors (Lipinski definition) is 1. The zero-order chi connectivity index (χ0) is 22.9. The van der Waals surface area contributed by atoms with E-state index in [2.05, 4.69) is 10.2 Å². The minimum atomic E-state index is -0.859. The second-order valence-electron chi connectivity index (χ2n) is 9.41. The van der Waals surface area contributed by atoms with Crippen LogP contribution < -0.4 is 11.0 Å². The zero-order valence-electron chi connectivity index (χ0n) is 18.8. The van der Waals surface area contributed by atoms with Crippen molar-refractivity contribution in [2.24, 2.45) is 0 Å². The summed E-state index contributed by atoms with van der Waals surface area (Å²) in [7, 11) is -0.859. The van der Waals surface area contributed by atoms with Gasteiger partial charge in [-0.05, 0) is 57.6 Å². The molecule has 1 aliphatic heterocycles. The lowest BCUT2D eigenvalue weighted by Crippen LogP contribution is -2.41. The van der Waals surface area contributed by atoms with E-state index in [9.17, 15) is 4.79 Å². The minimum Gasteiger partial charge on any atom is -0.399 e. The van der Waals surface area contributed by atoms with Crippen LogP contribution in [0, 0.1) is 12.7 Å². The van der Waals surface area contributed by atoms with Crippen molar-refractivity contribution < 1.29 is 13.7 Å². The molecule has 1 aliphatic rings. The van der Waals surface area contributed by atoms with Crippen LogP contribution in [0.5, 0.6) is 0 Å². The summed E-state index contributed by atoms with van der Waals surface area (Å²) in [5.41, 5.74) is 0.705. The quantitative estimate of drug-likeness (QED) is 0.612. The van der Waals surface area contributed by atoms with E-state index < -0.39 is 24.1 Å². The molecule has 0 spiro atoms. The van der Waals surface area contributed by atoms with Crippen molar-refractivity contribution in [2.75, 3.05) is 0 Å². The van der Waals surface area contributed by atoms with E-state index in [1.165, 1.54) is 10.6 Å². The average Bonchev–Trinajstić information content (AvgIpc) is 3.10. The number of nitrogens with zero attached hydrogens (tertiary/aromatic N) is 2. The molecule has 31 heavy (non-hydrogen) atoms. The summed E-state index contributed by atoms with van der Waals surface area (Å²) < 4.78 is 28.8. The summed E-state index contributed by atoms with van der Waals surface area (Å²) >= 11 is 6.22. The van der Waals surface area contributed by atoms with Crippen LogP contribution >= 0.6 is 11.6 Å². The molecule has 0 saturated carbocycles. The molecule has 164 valence electrons. The molecule has 3 heterocycles. The lowest BCUT2D eigenvalue weighted by atomic mass is 9.77. The van der Waals surface area contributed by atoms with Gasteiger partial charge >= 0.3 is 7.12 Å². The van der Waals surface area contributed by atoms with Gasteiger partial charge in [0, 0.05) is 11.7 Å². The molecule has 6 nitrogen and oxygen atoms in total. The van der Waals surface area contributed by atoms with Crippen LogP contribution in [0.3, 0.4) is 0 Å². The molecule has 0 aliphatic carbocycles. The highest BCUT2D eigenvalue weighted by atomic mass is 35.5. The van der Waals surface area contributed by atoms with Gasteiger partial charge in [-0.3, -0.25) is 14.5 Å². The first-order valence-electron chi connectivity index (χ1n) is 10.3. The highest BCUT2D eigenvalue weighted by Gasteiger charge is 2.52. The first-order chi connectivity index (χ1) is 14.3. The molecule has 1 aromatic carbocycles. The Morgan fingerprint density at radius 2 is 1.77 bits per heavy atom. The Morgan fingerprint density at radius 1 is 1.16 bits per heavy atom. The van der Waals surface area contributed by atoms with Crippen molar-refractivity contribution in [1.82, 2.24) is 14.8 Å². The van der Waals surface area contributed by atoms with Gasteiger partial charge in [0.1, 0.15) is 11.5 Å². The van der Waals surface area contributed by atoms with Crippen LogP contribution in [-0.2, 0) is 9.31 Å². The van der Waals surface area contributed by atoms with Gasteiger partial charge in [-0.15, -0.1) is 0 Å². The number of nitrogens with one attached hydrogen (secondary N) is 1. The number of rotatable bonds is 3. The van der Waals surface area contributed by atoms with E-state index in [1.54, 1.807) is 19.2 Å². The number of aromatic nitrogens is 3. The monoisotopic (exact) mass is 445 g/mol. The summed E-state index contributed by atoms with van der Waals surface area (Å²) in [6.07, 6.45) is 1.75. The molecule has 1 saturated heterocycles. The molecule has 1 N–H and O–H groups in total. The Morgan fingerprint density at radius 3 is 2.29 bits per heavy atom. The van der Waals surface area contributed by atoms with Gasteiger partial charge in [-0.25, -0.2) is 4.39 Å². The number of fused-ring (bicyclic) bond motifs is 1. The van der Waals surface area contributed by atoms with Crippen LogP contribution in [-0.4, -0.2) is 33.1 Å². The van der Waals surface area contributed by atoms with Crippen molar-refractivity contribution in [1.29, 1.82) is 0 Å². The Hall–Kier alpha value is -2.16. The van der Waals surface area contributed by atoms with E-state index >= 15 is 4.39 Å². The molecular formula is C22H26BClFN3O3. The molecule has 0 radical (unpaired) electrons. The fourth-order valence-corrected chi connectivity index (χ4v) is 4.13. The highest BCUT2D eigenvalue weighted by Crippen LogP contribution is 2.37. The Bertz CT molecular complexity index is 1210. The third kappa shape index (κ3) is 3.41. The Labute approximate surface area is 185 Å². The van der Waals surface area contributed by atoms with Gasteiger partial charge < -0.3 is 9.31 Å². The summed E-state index contributed by atoms with van der Waals surface area (Å²) in [5, 5.41) is 7.87. The van der Waals surface area contributed by atoms with E-state index in [0.29, 0.717) is 16.8 Å². The Balaban J connectivity index is 1.96. The summed E-state index contributed by atoms with van der Waals surface area (Å²) in [4.78, 5) is 13.3. The number of pyridine rings is 1. The second kappa shape index (κ2) is 7.19. The van der Waals surface area contributed by atoms with Gasteiger partial charge in [0.25, 0.3) is 5.56 Å². The SMILES string of the molecule is Cc1[nH]nc(Cl)c1-n1cc(C(C)C)c2cc(B3OC(C)(C)C(C)(C)O3)c(F)cc2c1=O. The van der Waals surface area contributed by atoms with Gasteiger partial charge in [-0.1, -0.05) is 31.5 Å². The van der Waals surface area contributed by atoms with Gasteiger partial charge in [0.15, 0.2) is 5.15 Å². The van der Waals surface area contributed by atoms with Crippen molar-refractivity contribution in [3.63, 3.8) is 0 Å². The van der Waals surface area contributed by atoms with Crippen molar-refractivity contribution in [3.8, 4) is 5.69 Å². The molecule has 1 fully saturated rings. The van der Waals surface area contributed by atoms with Crippen LogP contribution in [0.15, 0.2) is 23.1 Å². The third-order valence-corrected chi connectivity index (χ3v) is 6.67. The molecule has 0 atom stereocenters. The molecule has 0 unspecified atom stereocenters. The van der Waals surface area contributed by atoms with Crippen LogP contribution in [0.2, 0.25) is 5.15 Å². The fourth-order valence-electron chi connectivity index (χ4n) is 3.85. The lowest BCUT2D eigenvalue weighted by Gasteiger charge is -2.32. The van der Waals surface area contributed by atoms with Crippen LogP contribution in [0.4, 0.5) is 4.39 Å². The maximum atomic E-state index is 15.3. The first kappa shape index (κ1) is 22.1. The molecule has 0 bridgehead atoms. The number of hydrogen-bond acceptors (Lipinski definition) is 4. The number of halogens is 2. The van der Waals surface area contributed by atoms with Crippen molar-refractivity contribution in [3.05, 3.63) is 50.9 Å². The average molecular weight is 446 g/mol. The first-order valence-corrected chi connectivity index (χ1v) is 10.7. The normalized spacial score (nSPS) is 17.8. The van der Waals surface area contributed by atoms with Gasteiger partial charge in [-0.2, -0.15) is 5.10 Å². The third-order valence-electron chi connectivity index (χ3n) is 6.41. The van der Waals surface area contributed by atoms with E-state index in [-0.39, 0.29) is 27.5 Å². The minimum absolute atomic E-state index is 0.0666. The van der Waals surface area contributed by atoms with Gasteiger partial charge in [0.2, 0.25) is 0 Å². The predicted octanol–water partition coefficient (Wildman–Crippen LogP) is 4.24. The number of benzene rings is 1. The van der Waals surface area contributed by atoms with E-state index in [4.69, 9.17) is 20.9 Å². The van der Waals surface area contributed by atoms with Crippen molar-refractivity contribution >= 4 is 35.0 Å². The summed E-state index contributed by atoms with van der Waals surface area (Å²) in [6, 6.07) is 2.95. The molecular weight excluding hydrogens is 420 g/mol. The fraction of sp³-hybridized carbons (Fsp3) is 0.455. The largest absolute Gasteiger partial charge is 0.497 e. The molecule has 3 aromatic rings. The highest BCUT2D eigenvalue weighted by molar-refractivity contribution is 6.62. The van der Waals surface area contributed by atoms with E-state index in [1.807, 2.05) is 41.5 Å². The molecule has 2 aromatic heterocycles. The molecule has 9 heteroatoms.